The Kier molecular flexibility index (Phi) is 7.94. The lowest BCUT2D eigenvalue weighted by Gasteiger charge is -2.12. The average Bonchev–Trinajstić information content (AvgIpc) is 2.68. The lowest BCUT2D eigenvalue weighted by Crippen LogP contribution is -2.13. The third kappa shape index (κ3) is 5.29. The number of benzene rings is 2. The summed E-state index contributed by atoms with van der Waals surface area (Å²) >= 11 is 15.4. The number of ether oxygens (including phenoxy) is 2. The minimum atomic E-state index is -0.621. The van der Waals surface area contributed by atoms with Crippen molar-refractivity contribution in [1.29, 1.82) is 5.26 Å². The van der Waals surface area contributed by atoms with E-state index in [0.29, 0.717) is 38.9 Å². The van der Waals surface area contributed by atoms with Gasteiger partial charge in [-0.2, -0.15) is 5.26 Å². The molecule has 0 saturated heterocycles. The second kappa shape index (κ2) is 10.2. The van der Waals surface area contributed by atoms with E-state index in [-0.39, 0.29) is 10.6 Å². The lowest BCUT2D eigenvalue weighted by atomic mass is 10.1. The highest BCUT2D eigenvalue weighted by atomic mass is 79.9. The number of methoxy groups -OCH3 is 1. The first-order chi connectivity index (χ1) is 13.4. The molecule has 1 N–H and O–H groups in total. The molecule has 0 unspecified atom stereocenters. The molecule has 28 heavy (non-hydrogen) atoms. The van der Waals surface area contributed by atoms with Crippen molar-refractivity contribution in [2.75, 3.05) is 19.0 Å². The van der Waals surface area contributed by atoms with Crippen LogP contribution in [0.3, 0.4) is 0 Å². The van der Waals surface area contributed by atoms with Gasteiger partial charge in [0, 0.05) is 4.47 Å². The molecule has 8 heteroatoms. The highest BCUT2D eigenvalue weighted by Crippen LogP contribution is 2.35. The fourth-order valence-electron chi connectivity index (χ4n) is 2.18. The minimum absolute atomic E-state index is 0.126. The van der Waals surface area contributed by atoms with Gasteiger partial charge in [-0.1, -0.05) is 57.9 Å². The molecule has 2 aromatic carbocycles. The molecular formula is C20H15BrCl2N2O3. The van der Waals surface area contributed by atoms with Gasteiger partial charge in [0.15, 0.2) is 11.5 Å². The van der Waals surface area contributed by atoms with Gasteiger partial charge in [0.1, 0.15) is 18.2 Å². The maximum Gasteiger partial charge on any atom is 0.266 e. The molecule has 2 rings (SSSR count). The zero-order valence-corrected chi connectivity index (χ0v) is 17.9. The summed E-state index contributed by atoms with van der Waals surface area (Å²) in [6.45, 7) is 3.91. The van der Waals surface area contributed by atoms with E-state index in [4.69, 9.17) is 32.7 Å². The average molecular weight is 482 g/mol. The van der Waals surface area contributed by atoms with Crippen LogP contribution in [0, 0.1) is 11.3 Å². The normalized spacial score (nSPS) is 10.8. The Morgan fingerprint density at radius 1 is 1.36 bits per heavy atom. The zero-order chi connectivity index (χ0) is 20.7. The molecule has 0 heterocycles. The van der Waals surface area contributed by atoms with Gasteiger partial charge in [-0.3, -0.25) is 4.79 Å². The summed E-state index contributed by atoms with van der Waals surface area (Å²) in [6, 6.07) is 10.1. The van der Waals surface area contributed by atoms with E-state index in [2.05, 4.69) is 27.8 Å². The fourth-order valence-corrected chi connectivity index (χ4v) is 2.96. The van der Waals surface area contributed by atoms with Gasteiger partial charge in [0.2, 0.25) is 0 Å². The van der Waals surface area contributed by atoms with Gasteiger partial charge in [0.05, 0.1) is 22.8 Å². The van der Waals surface area contributed by atoms with Crippen molar-refractivity contribution in [2.45, 2.75) is 0 Å². The number of carbonyl (C=O) groups excluding carboxylic acids is 1. The van der Waals surface area contributed by atoms with Crippen molar-refractivity contribution in [3.05, 3.63) is 68.6 Å². The molecule has 5 nitrogen and oxygen atoms in total. The second-order valence-electron chi connectivity index (χ2n) is 5.35. The minimum Gasteiger partial charge on any atom is -0.493 e. The molecule has 0 aliphatic heterocycles. The van der Waals surface area contributed by atoms with Crippen LogP contribution in [0.2, 0.25) is 10.0 Å². The number of carbonyl (C=O) groups is 1. The van der Waals surface area contributed by atoms with E-state index in [1.165, 1.54) is 13.2 Å². The van der Waals surface area contributed by atoms with Crippen LogP contribution >= 0.6 is 39.1 Å². The summed E-state index contributed by atoms with van der Waals surface area (Å²) in [5.74, 6) is 0.330. The first kappa shape index (κ1) is 21.8. The van der Waals surface area contributed by atoms with Crippen molar-refractivity contribution >= 4 is 56.8 Å². The van der Waals surface area contributed by atoms with Crippen molar-refractivity contribution in [1.82, 2.24) is 0 Å². The van der Waals surface area contributed by atoms with Crippen LogP contribution in [-0.4, -0.2) is 19.6 Å². The van der Waals surface area contributed by atoms with E-state index in [1.807, 2.05) is 6.07 Å². The number of nitrogens with one attached hydrogen (secondary N) is 1. The number of nitrogens with zero attached hydrogens (tertiary/aromatic N) is 1. The predicted octanol–water partition coefficient (Wildman–Crippen LogP) is 5.87. The fraction of sp³-hybridized carbons (Fsp3) is 0.100. The quantitative estimate of drug-likeness (QED) is 0.304. The predicted molar refractivity (Wildman–Crippen MR) is 115 cm³/mol. The lowest BCUT2D eigenvalue weighted by molar-refractivity contribution is -0.112. The molecular weight excluding hydrogens is 467 g/mol. The van der Waals surface area contributed by atoms with Gasteiger partial charge in [0.25, 0.3) is 5.91 Å². The molecule has 1 amide bonds. The molecule has 144 valence electrons. The Morgan fingerprint density at radius 2 is 2.11 bits per heavy atom. The largest absolute Gasteiger partial charge is 0.493 e. The highest BCUT2D eigenvalue weighted by molar-refractivity contribution is 9.10. The summed E-state index contributed by atoms with van der Waals surface area (Å²) < 4.78 is 11.5. The maximum atomic E-state index is 12.5. The second-order valence-corrected chi connectivity index (χ2v) is 6.99. The topological polar surface area (TPSA) is 71.3 Å². The van der Waals surface area contributed by atoms with Crippen LogP contribution in [0.25, 0.3) is 6.08 Å². The standard InChI is InChI=1S/C20H15BrCl2N2O3/c1-3-7-28-18-10-14(21)12(9-17(18)27-2)8-13(11-24)20(26)25-16-6-4-5-15(22)19(16)23/h3-6,8-10H,1,7H2,2H3,(H,25,26)/b13-8+. The Hall–Kier alpha value is -2.46. The maximum absolute atomic E-state index is 12.5. The van der Waals surface area contributed by atoms with Crippen LogP contribution in [0.4, 0.5) is 5.69 Å². The summed E-state index contributed by atoms with van der Waals surface area (Å²) in [5.41, 5.74) is 0.746. The molecule has 0 aliphatic carbocycles. The Morgan fingerprint density at radius 3 is 2.75 bits per heavy atom. The van der Waals surface area contributed by atoms with E-state index >= 15 is 0 Å². The van der Waals surface area contributed by atoms with Crippen LogP contribution in [-0.2, 0) is 4.79 Å². The molecule has 0 atom stereocenters. The Labute approximate surface area is 181 Å². The Balaban J connectivity index is 2.35. The van der Waals surface area contributed by atoms with E-state index < -0.39 is 5.91 Å². The van der Waals surface area contributed by atoms with Crippen LogP contribution in [0.5, 0.6) is 11.5 Å². The van der Waals surface area contributed by atoms with Crippen molar-refractivity contribution < 1.29 is 14.3 Å². The van der Waals surface area contributed by atoms with Gasteiger partial charge in [-0.15, -0.1) is 0 Å². The third-order valence-electron chi connectivity index (χ3n) is 3.50. The van der Waals surface area contributed by atoms with Gasteiger partial charge in [-0.05, 0) is 35.9 Å². The molecule has 2 aromatic rings. The SMILES string of the molecule is C=CCOc1cc(Br)c(/C=C(\C#N)C(=O)Nc2cccc(Cl)c2Cl)cc1OC. The number of anilines is 1. The zero-order valence-electron chi connectivity index (χ0n) is 14.8. The van der Waals surface area contributed by atoms with Crippen LogP contribution < -0.4 is 14.8 Å². The number of hydrogen-bond donors (Lipinski definition) is 1. The monoisotopic (exact) mass is 480 g/mol. The van der Waals surface area contributed by atoms with Gasteiger partial charge >= 0.3 is 0 Å². The van der Waals surface area contributed by atoms with Crippen LogP contribution in [0.1, 0.15) is 5.56 Å². The summed E-state index contributed by atoms with van der Waals surface area (Å²) in [4.78, 5) is 12.5. The smallest absolute Gasteiger partial charge is 0.266 e. The van der Waals surface area contributed by atoms with E-state index in [9.17, 15) is 10.1 Å². The van der Waals surface area contributed by atoms with Crippen LogP contribution in [0.15, 0.2) is 53.0 Å². The highest BCUT2D eigenvalue weighted by Gasteiger charge is 2.15. The van der Waals surface area contributed by atoms with Gasteiger partial charge in [-0.25, -0.2) is 0 Å². The number of nitriles is 1. The number of rotatable bonds is 7. The van der Waals surface area contributed by atoms with E-state index in [1.54, 1.807) is 36.4 Å². The molecule has 0 aromatic heterocycles. The number of amides is 1. The number of hydrogen-bond acceptors (Lipinski definition) is 4. The molecule has 0 radical (unpaired) electrons. The molecule has 0 bridgehead atoms. The molecule has 0 spiro atoms. The summed E-state index contributed by atoms with van der Waals surface area (Å²) in [6.07, 6.45) is 3.04. The Bertz CT molecular complexity index is 984. The summed E-state index contributed by atoms with van der Waals surface area (Å²) in [5, 5.41) is 12.5. The first-order valence-corrected chi connectivity index (χ1v) is 9.44. The van der Waals surface area contributed by atoms with Crippen molar-refractivity contribution in [2.24, 2.45) is 0 Å². The van der Waals surface area contributed by atoms with E-state index in [0.717, 1.165) is 0 Å². The molecule has 0 fully saturated rings. The third-order valence-corrected chi connectivity index (χ3v) is 5.01. The van der Waals surface area contributed by atoms with Gasteiger partial charge < -0.3 is 14.8 Å². The first-order valence-electron chi connectivity index (χ1n) is 7.89. The van der Waals surface area contributed by atoms with Crippen molar-refractivity contribution in [3.63, 3.8) is 0 Å². The molecule has 0 aliphatic rings. The summed E-state index contributed by atoms with van der Waals surface area (Å²) in [7, 11) is 1.50. The molecule has 0 saturated carbocycles. The van der Waals surface area contributed by atoms with Crippen molar-refractivity contribution in [3.8, 4) is 17.6 Å². The number of halogens is 3.